The molecular weight excluding hydrogens is 343 g/mol. The Kier molecular flexibility index (Phi) is 3.77. The second-order valence-electron chi connectivity index (χ2n) is 5.68. The average Bonchev–Trinajstić information content (AvgIpc) is 2.86. The minimum atomic E-state index is -5.02. The second kappa shape index (κ2) is 5.57. The van der Waals surface area contributed by atoms with Gasteiger partial charge in [0.15, 0.2) is 0 Å². The first-order chi connectivity index (χ1) is 11.6. The molecule has 1 amide bonds. The van der Waals surface area contributed by atoms with Crippen LogP contribution in [0.4, 0.5) is 18.9 Å². The first-order valence-electron chi connectivity index (χ1n) is 7.29. The minimum Gasteiger partial charge on any atom is -0.329 e. The third-order valence-corrected chi connectivity index (χ3v) is 4.20. The Labute approximate surface area is 138 Å². The number of nitro groups is 1. The second-order valence-corrected chi connectivity index (χ2v) is 5.68. The molecule has 0 N–H and O–H groups in total. The van der Waals surface area contributed by atoms with Crippen molar-refractivity contribution in [1.29, 1.82) is 0 Å². The quantitative estimate of drug-likeness (QED) is 0.581. The van der Waals surface area contributed by atoms with Crippen LogP contribution in [0.3, 0.4) is 0 Å². The fourth-order valence-corrected chi connectivity index (χ4v) is 3.25. The standard InChI is InChI=1S/C15H12F3N3O4/c1-8(22)20-10-3-2-4-11(21(24)25)13(10)9-5-6-19(7-12(9)20)14(23)15(16,17)18/h2-4H,5-7H2,1H3. The van der Waals surface area contributed by atoms with Crippen molar-refractivity contribution in [2.75, 3.05) is 6.54 Å². The Morgan fingerprint density at radius 2 is 1.96 bits per heavy atom. The molecule has 0 saturated carbocycles. The summed E-state index contributed by atoms with van der Waals surface area (Å²) in [5.41, 5.74) is 0.654. The van der Waals surface area contributed by atoms with E-state index >= 15 is 0 Å². The lowest BCUT2D eigenvalue weighted by atomic mass is 10.0. The van der Waals surface area contributed by atoms with E-state index < -0.39 is 29.5 Å². The van der Waals surface area contributed by atoms with Crippen LogP contribution in [0, 0.1) is 10.1 Å². The highest BCUT2D eigenvalue weighted by atomic mass is 19.4. The third kappa shape index (κ3) is 2.63. The van der Waals surface area contributed by atoms with Gasteiger partial charge in [-0.05, 0) is 18.1 Å². The van der Waals surface area contributed by atoms with E-state index in [0.717, 1.165) is 4.57 Å². The number of benzene rings is 1. The molecule has 1 aromatic carbocycles. The fourth-order valence-electron chi connectivity index (χ4n) is 3.25. The van der Waals surface area contributed by atoms with Crippen molar-refractivity contribution in [2.45, 2.75) is 26.1 Å². The lowest BCUT2D eigenvalue weighted by molar-refractivity contribution is -0.383. The zero-order valence-electron chi connectivity index (χ0n) is 13.0. The Morgan fingerprint density at radius 1 is 1.28 bits per heavy atom. The molecule has 2 aromatic rings. The van der Waals surface area contributed by atoms with Gasteiger partial charge in [-0.1, -0.05) is 6.07 Å². The van der Waals surface area contributed by atoms with E-state index in [4.69, 9.17) is 0 Å². The number of alkyl halides is 3. The van der Waals surface area contributed by atoms with E-state index in [9.17, 15) is 32.9 Å². The maximum absolute atomic E-state index is 12.7. The van der Waals surface area contributed by atoms with Crippen LogP contribution in [-0.2, 0) is 17.8 Å². The number of aromatic nitrogens is 1. The molecule has 3 rings (SSSR count). The molecule has 1 aliphatic rings. The molecule has 0 bridgehead atoms. The summed E-state index contributed by atoms with van der Waals surface area (Å²) in [6.07, 6.45) is -5.02. The first kappa shape index (κ1) is 16.9. The predicted octanol–water partition coefficient (Wildman–Crippen LogP) is 2.66. The number of fused-ring (bicyclic) bond motifs is 3. The smallest absolute Gasteiger partial charge is 0.329 e. The monoisotopic (exact) mass is 355 g/mol. The summed E-state index contributed by atoms with van der Waals surface area (Å²) in [4.78, 5) is 34.8. The summed E-state index contributed by atoms with van der Waals surface area (Å²) >= 11 is 0. The van der Waals surface area contributed by atoms with Gasteiger partial charge in [0, 0.05) is 25.2 Å². The summed E-state index contributed by atoms with van der Waals surface area (Å²) in [7, 11) is 0. The van der Waals surface area contributed by atoms with Crippen LogP contribution in [0.5, 0.6) is 0 Å². The van der Waals surface area contributed by atoms with Gasteiger partial charge in [0.2, 0.25) is 5.91 Å². The number of non-ortho nitro benzene ring substituents is 1. The van der Waals surface area contributed by atoms with Gasteiger partial charge in [0.05, 0.1) is 22.4 Å². The zero-order valence-corrected chi connectivity index (χ0v) is 13.0. The Hall–Kier alpha value is -2.91. The lowest BCUT2D eigenvalue weighted by Gasteiger charge is -2.28. The highest BCUT2D eigenvalue weighted by Crippen LogP contribution is 2.37. The van der Waals surface area contributed by atoms with Crippen LogP contribution in [0.15, 0.2) is 18.2 Å². The summed E-state index contributed by atoms with van der Waals surface area (Å²) in [6, 6.07) is 4.18. The summed E-state index contributed by atoms with van der Waals surface area (Å²) in [6.45, 7) is 0.552. The number of amides is 1. The van der Waals surface area contributed by atoms with E-state index in [1.54, 1.807) is 0 Å². The minimum absolute atomic E-state index is 0.00120. The Balaban J connectivity index is 2.22. The number of carbonyl (C=O) groups excluding carboxylic acids is 2. The fraction of sp³-hybridized carbons (Fsp3) is 0.333. The van der Waals surface area contributed by atoms with Gasteiger partial charge in [-0.25, -0.2) is 0 Å². The summed E-state index contributed by atoms with van der Waals surface area (Å²) in [5, 5.41) is 11.5. The molecular formula is C15H12F3N3O4. The Morgan fingerprint density at radius 3 is 2.52 bits per heavy atom. The number of hydrogen-bond acceptors (Lipinski definition) is 4. The molecule has 2 heterocycles. The molecule has 132 valence electrons. The van der Waals surface area contributed by atoms with Gasteiger partial charge in [0.25, 0.3) is 5.69 Å². The number of halogens is 3. The average molecular weight is 355 g/mol. The van der Waals surface area contributed by atoms with E-state index in [0.29, 0.717) is 10.5 Å². The normalized spacial score (nSPS) is 14.5. The number of nitro benzene ring substituents is 1. The van der Waals surface area contributed by atoms with E-state index in [1.165, 1.54) is 25.1 Å². The maximum atomic E-state index is 12.7. The van der Waals surface area contributed by atoms with Crippen LogP contribution in [0.1, 0.15) is 23.0 Å². The largest absolute Gasteiger partial charge is 0.471 e. The SMILES string of the molecule is CC(=O)n1c2c(c3c([N+](=O)[O-])cccc31)CCN(C(=O)C(F)(F)F)C2. The predicted molar refractivity (Wildman–Crippen MR) is 80.1 cm³/mol. The zero-order chi connectivity index (χ0) is 18.5. The van der Waals surface area contributed by atoms with Gasteiger partial charge < -0.3 is 4.90 Å². The molecule has 0 spiro atoms. The molecule has 0 radical (unpaired) electrons. The van der Waals surface area contributed by atoms with E-state index in [2.05, 4.69) is 0 Å². The van der Waals surface area contributed by atoms with Crippen molar-refractivity contribution >= 4 is 28.4 Å². The molecule has 0 saturated heterocycles. The number of rotatable bonds is 1. The molecule has 10 heteroatoms. The maximum Gasteiger partial charge on any atom is 0.471 e. The van der Waals surface area contributed by atoms with Crippen LogP contribution in [0.25, 0.3) is 10.9 Å². The van der Waals surface area contributed by atoms with Crippen LogP contribution in [0.2, 0.25) is 0 Å². The van der Waals surface area contributed by atoms with E-state index in [-0.39, 0.29) is 35.2 Å². The number of hydrogen-bond donors (Lipinski definition) is 0. The molecule has 0 atom stereocenters. The van der Waals surface area contributed by atoms with Crippen molar-refractivity contribution < 1.29 is 27.7 Å². The topological polar surface area (TPSA) is 85.4 Å². The van der Waals surface area contributed by atoms with Crippen LogP contribution in [-0.4, -0.2) is 38.9 Å². The van der Waals surface area contributed by atoms with Gasteiger partial charge in [0.1, 0.15) is 0 Å². The van der Waals surface area contributed by atoms with Crippen LogP contribution < -0.4 is 0 Å². The number of carbonyl (C=O) groups is 2. The molecule has 1 aromatic heterocycles. The molecule has 0 aliphatic carbocycles. The molecule has 25 heavy (non-hydrogen) atoms. The lowest BCUT2D eigenvalue weighted by Crippen LogP contribution is -2.44. The summed E-state index contributed by atoms with van der Waals surface area (Å²) < 4.78 is 39.2. The van der Waals surface area contributed by atoms with Crippen molar-refractivity contribution in [3.8, 4) is 0 Å². The van der Waals surface area contributed by atoms with Gasteiger partial charge >= 0.3 is 12.1 Å². The Bertz CT molecular complexity index is 917. The summed E-state index contributed by atoms with van der Waals surface area (Å²) in [5.74, 6) is -2.49. The van der Waals surface area contributed by atoms with Gasteiger partial charge in [-0.15, -0.1) is 0 Å². The molecule has 0 unspecified atom stereocenters. The van der Waals surface area contributed by atoms with Crippen molar-refractivity contribution in [2.24, 2.45) is 0 Å². The van der Waals surface area contributed by atoms with Crippen molar-refractivity contribution in [3.63, 3.8) is 0 Å². The van der Waals surface area contributed by atoms with Crippen molar-refractivity contribution in [1.82, 2.24) is 9.47 Å². The highest BCUT2D eigenvalue weighted by molar-refractivity contribution is 6.00. The molecule has 7 nitrogen and oxygen atoms in total. The third-order valence-electron chi connectivity index (χ3n) is 4.20. The van der Waals surface area contributed by atoms with E-state index in [1.807, 2.05) is 0 Å². The molecule has 1 aliphatic heterocycles. The van der Waals surface area contributed by atoms with Crippen LogP contribution >= 0.6 is 0 Å². The van der Waals surface area contributed by atoms with Crippen molar-refractivity contribution in [3.05, 3.63) is 39.6 Å². The van der Waals surface area contributed by atoms with Gasteiger partial charge in [-0.3, -0.25) is 24.3 Å². The highest BCUT2D eigenvalue weighted by Gasteiger charge is 2.44. The number of nitrogens with zero attached hydrogens (tertiary/aromatic N) is 3. The molecule has 0 fully saturated rings. The first-order valence-corrected chi connectivity index (χ1v) is 7.29. The van der Waals surface area contributed by atoms with Gasteiger partial charge in [-0.2, -0.15) is 13.2 Å².